The number of amides is 2. The predicted molar refractivity (Wildman–Crippen MR) is 109 cm³/mol. The minimum atomic E-state index is -0.494. The van der Waals surface area contributed by atoms with Crippen molar-refractivity contribution in [2.24, 2.45) is 0 Å². The lowest BCUT2D eigenvalue weighted by Crippen LogP contribution is -2.46. The van der Waals surface area contributed by atoms with Crippen molar-refractivity contribution in [3.05, 3.63) is 65.7 Å². The van der Waals surface area contributed by atoms with Gasteiger partial charge in [-0.15, -0.1) is 0 Å². The zero-order chi connectivity index (χ0) is 19.5. The summed E-state index contributed by atoms with van der Waals surface area (Å²) >= 11 is 0. The number of urea groups is 1. The van der Waals surface area contributed by atoms with E-state index in [0.717, 1.165) is 11.3 Å². The number of nitriles is 1. The second-order valence-corrected chi connectivity index (χ2v) is 8.30. The Morgan fingerprint density at radius 1 is 1.04 bits per heavy atom. The molecule has 0 radical (unpaired) electrons. The maximum atomic E-state index is 12.6. The van der Waals surface area contributed by atoms with E-state index >= 15 is 0 Å². The van der Waals surface area contributed by atoms with Crippen LogP contribution in [0, 0.1) is 11.3 Å². The molecular formula is C23H27N3O. The molecule has 1 aliphatic rings. The fraction of sp³-hybridized carbons (Fsp3) is 0.391. The van der Waals surface area contributed by atoms with E-state index in [-0.39, 0.29) is 11.4 Å². The minimum Gasteiger partial charge on any atom is -0.324 e. The molecule has 0 aliphatic carbocycles. The number of anilines is 1. The molecule has 4 nitrogen and oxygen atoms in total. The van der Waals surface area contributed by atoms with Gasteiger partial charge in [0, 0.05) is 18.8 Å². The average Bonchev–Trinajstić information content (AvgIpc) is 2.68. The lowest BCUT2D eigenvalue weighted by atomic mass is 9.74. The summed E-state index contributed by atoms with van der Waals surface area (Å²) in [7, 11) is 0. The van der Waals surface area contributed by atoms with Crippen LogP contribution in [0.3, 0.4) is 0 Å². The van der Waals surface area contributed by atoms with E-state index in [2.05, 4.69) is 44.3 Å². The highest BCUT2D eigenvalue weighted by atomic mass is 16.2. The normalized spacial score (nSPS) is 16.4. The molecule has 1 saturated heterocycles. The first-order valence-electron chi connectivity index (χ1n) is 9.47. The molecule has 0 spiro atoms. The van der Waals surface area contributed by atoms with Gasteiger partial charge in [-0.2, -0.15) is 5.26 Å². The van der Waals surface area contributed by atoms with Crippen molar-refractivity contribution < 1.29 is 4.79 Å². The van der Waals surface area contributed by atoms with E-state index in [0.29, 0.717) is 25.9 Å². The zero-order valence-electron chi connectivity index (χ0n) is 16.3. The zero-order valence-corrected chi connectivity index (χ0v) is 16.3. The van der Waals surface area contributed by atoms with Crippen LogP contribution in [-0.4, -0.2) is 24.0 Å². The third kappa shape index (κ3) is 4.14. The highest BCUT2D eigenvalue weighted by molar-refractivity contribution is 5.89. The monoisotopic (exact) mass is 361 g/mol. The fourth-order valence-corrected chi connectivity index (χ4v) is 3.57. The third-order valence-electron chi connectivity index (χ3n) is 5.45. The molecule has 3 rings (SSSR count). The van der Waals surface area contributed by atoms with Crippen LogP contribution in [0.15, 0.2) is 54.6 Å². The summed E-state index contributed by atoms with van der Waals surface area (Å²) in [6.45, 7) is 7.66. The number of benzene rings is 2. The fourth-order valence-electron chi connectivity index (χ4n) is 3.57. The van der Waals surface area contributed by atoms with Gasteiger partial charge in [-0.05, 0) is 41.5 Å². The number of carbonyl (C=O) groups is 1. The number of nitrogens with one attached hydrogen (secondary N) is 1. The lowest BCUT2D eigenvalue weighted by Gasteiger charge is -2.37. The third-order valence-corrected chi connectivity index (χ3v) is 5.45. The number of hydrogen-bond acceptors (Lipinski definition) is 2. The highest BCUT2D eigenvalue weighted by Crippen LogP contribution is 2.35. The van der Waals surface area contributed by atoms with Crippen molar-refractivity contribution in [1.82, 2.24) is 4.90 Å². The summed E-state index contributed by atoms with van der Waals surface area (Å²) in [6, 6.07) is 20.3. The smallest absolute Gasteiger partial charge is 0.321 e. The van der Waals surface area contributed by atoms with Gasteiger partial charge < -0.3 is 10.2 Å². The SMILES string of the molecule is CC(C)(C)c1ccc(NC(=O)N2CCC(C#N)(c3ccccc3)CC2)cc1. The molecule has 140 valence electrons. The van der Waals surface area contributed by atoms with Gasteiger partial charge in [-0.3, -0.25) is 0 Å². The van der Waals surface area contributed by atoms with Crippen LogP contribution in [0.2, 0.25) is 0 Å². The van der Waals surface area contributed by atoms with Gasteiger partial charge in [-0.25, -0.2) is 4.79 Å². The topological polar surface area (TPSA) is 56.1 Å². The van der Waals surface area contributed by atoms with Gasteiger partial charge >= 0.3 is 6.03 Å². The molecule has 27 heavy (non-hydrogen) atoms. The maximum Gasteiger partial charge on any atom is 0.321 e. The Balaban J connectivity index is 1.63. The van der Waals surface area contributed by atoms with E-state index in [4.69, 9.17) is 0 Å². The van der Waals surface area contributed by atoms with Crippen molar-refractivity contribution in [1.29, 1.82) is 5.26 Å². The number of nitrogens with zero attached hydrogens (tertiary/aromatic N) is 2. The van der Waals surface area contributed by atoms with Crippen LogP contribution >= 0.6 is 0 Å². The summed E-state index contributed by atoms with van der Waals surface area (Å²) in [5.41, 5.74) is 2.68. The molecule has 0 saturated carbocycles. The van der Waals surface area contributed by atoms with E-state index < -0.39 is 5.41 Å². The molecule has 0 aromatic heterocycles. The van der Waals surface area contributed by atoms with Gasteiger partial charge in [0.25, 0.3) is 0 Å². The van der Waals surface area contributed by atoms with Crippen molar-refractivity contribution in [2.75, 3.05) is 18.4 Å². The van der Waals surface area contributed by atoms with Crippen LogP contribution < -0.4 is 5.32 Å². The summed E-state index contributed by atoms with van der Waals surface area (Å²) in [5.74, 6) is 0. The van der Waals surface area contributed by atoms with Crippen LogP contribution in [0.4, 0.5) is 10.5 Å². The van der Waals surface area contributed by atoms with Crippen molar-refractivity contribution in [3.63, 3.8) is 0 Å². The molecule has 0 unspecified atom stereocenters. The summed E-state index contributed by atoms with van der Waals surface area (Å²) < 4.78 is 0. The predicted octanol–water partition coefficient (Wildman–Crippen LogP) is 5.07. The molecule has 0 bridgehead atoms. The molecule has 2 aromatic rings. The standard InChI is InChI=1S/C23H27N3O/c1-22(2,3)18-9-11-20(12-10-18)25-21(27)26-15-13-23(17-24,14-16-26)19-7-5-4-6-8-19/h4-12H,13-16H2,1-3H3,(H,25,27). The quantitative estimate of drug-likeness (QED) is 0.811. The molecule has 2 aromatic carbocycles. The van der Waals surface area contributed by atoms with Crippen molar-refractivity contribution in [3.8, 4) is 6.07 Å². The van der Waals surface area contributed by atoms with E-state index in [9.17, 15) is 10.1 Å². The van der Waals surface area contributed by atoms with E-state index in [1.54, 1.807) is 4.90 Å². The Morgan fingerprint density at radius 2 is 1.63 bits per heavy atom. The first-order valence-corrected chi connectivity index (χ1v) is 9.47. The van der Waals surface area contributed by atoms with Gasteiger partial charge in [-0.1, -0.05) is 63.2 Å². The summed E-state index contributed by atoms with van der Waals surface area (Å²) in [4.78, 5) is 14.4. The highest BCUT2D eigenvalue weighted by Gasteiger charge is 2.37. The number of likely N-dealkylation sites (tertiary alicyclic amines) is 1. The molecule has 1 fully saturated rings. The molecular weight excluding hydrogens is 334 g/mol. The Hall–Kier alpha value is -2.80. The van der Waals surface area contributed by atoms with Crippen LogP contribution in [-0.2, 0) is 10.8 Å². The largest absolute Gasteiger partial charge is 0.324 e. The van der Waals surface area contributed by atoms with E-state index in [1.165, 1.54) is 5.56 Å². The average molecular weight is 361 g/mol. The Kier molecular flexibility index (Phi) is 5.23. The molecule has 1 heterocycles. The molecule has 0 atom stereocenters. The van der Waals surface area contributed by atoms with Gasteiger partial charge in [0.15, 0.2) is 0 Å². The lowest BCUT2D eigenvalue weighted by molar-refractivity contribution is 0.183. The molecule has 1 aliphatic heterocycles. The van der Waals surface area contributed by atoms with Crippen molar-refractivity contribution in [2.45, 2.75) is 44.4 Å². The number of carbonyl (C=O) groups excluding carboxylic acids is 1. The van der Waals surface area contributed by atoms with Gasteiger partial charge in [0.1, 0.15) is 0 Å². The van der Waals surface area contributed by atoms with Crippen LogP contribution in [0.25, 0.3) is 0 Å². The number of piperidine rings is 1. The Labute approximate surface area is 161 Å². The molecule has 4 heteroatoms. The summed E-state index contributed by atoms with van der Waals surface area (Å²) in [6.07, 6.45) is 1.31. The first-order chi connectivity index (χ1) is 12.8. The van der Waals surface area contributed by atoms with Crippen LogP contribution in [0.5, 0.6) is 0 Å². The maximum absolute atomic E-state index is 12.6. The first kappa shape index (κ1) is 19.0. The van der Waals surface area contributed by atoms with E-state index in [1.807, 2.05) is 42.5 Å². The minimum absolute atomic E-state index is 0.0907. The Morgan fingerprint density at radius 3 is 2.15 bits per heavy atom. The van der Waals surface area contributed by atoms with Crippen LogP contribution in [0.1, 0.15) is 44.7 Å². The van der Waals surface area contributed by atoms with Crippen molar-refractivity contribution >= 4 is 11.7 Å². The molecule has 1 N–H and O–H groups in total. The second kappa shape index (κ2) is 7.44. The number of rotatable bonds is 2. The second-order valence-electron chi connectivity index (χ2n) is 8.30. The van der Waals surface area contributed by atoms with Gasteiger partial charge in [0.2, 0.25) is 0 Å². The Bertz CT molecular complexity index is 821. The number of hydrogen-bond donors (Lipinski definition) is 1. The van der Waals surface area contributed by atoms with Gasteiger partial charge in [0.05, 0.1) is 11.5 Å². The summed E-state index contributed by atoms with van der Waals surface area (Å²) in [5, 5.41) is 12.8. The molecule has 2 amide bonds.